The number of carbonyl (C=O) groups is 1. The molecule has 162 valence electrons. The molecule has 1 atom stereocenters. The van der Waals surface area contributed by atoms with Gasteiger partial charge in [-0.1, -0.05) is 0 Å². The van der Waals surface area contributed by atoms with Crippen molar-refractivity contribution in [3.8, 4) is 0 Å². The first-order valence-corrected chi connectivity index (χ1v) is 11.8. The summed E-state index contributed by atoms with van der Waals surface area (Å²) in [4.78, 5) is 23.5. The van der Waals surface area contributed by atoms with Gasteiger partial charge in [-0.15, -0.1) is 11.3 Å². The fraction of sp³-hybridized carbons (Fsp3) is 0.417. The summed E-state index contributed by atoms with van der Waals surface area (Å²) in [7, 11) is 2.18. The van der Waals surface area contributed by atoms with E-state index in [0.717, 1.165) is 44.0 Å². The molecule has 1 saturated heterocycles. The molecule has 0 spiro atoms. The molecule has 6 nitrogen and oxygen atoms in total. The predicted octanol–water partition coefficient (Wildman–Crippen LogP) is 4.20. The average Bonchev–Trinajstić information content (AvgIpc) is 3.45. The lowest BCUT2D eigenvalue weighted by Gasteiger charge is -2.39. The lowest BCUT2D eigenvalue weighted by atomic mass is 9.88. The van der Waals surface area contributed by atoms with E-state index in [1.165, 1.54) is 34.4 Å². The van der Waals surface area contributed by atoms with Gasteiger partial charge in [-0.2, -0.15) is 0 Å². The predicted molar refractivity (Wildman–Crippen MR) is 123 cm³/mol. The van der Waals surface area contributed by atoms with Crippen LogP contribution in [0.5, 0.6) is 0 Å². The summed E-state index contributed by atoms with van der Waals surface area (Å²) in [5, 5.41) is 4.17. The van der Waals surface area contributed by atoms with E-state index in [2.05, 4.69) is 39.3 Å². The topological polar surface area (TPSA) is 61.6 Å². The highest BCUT2D eigenvalue weighted by Crippen LogP contribution is 2.45. The van der Waals surface area contributed by atoms with Gasteiger partial charge >= 0.3 is 0 Å². The van der Waals surface area contributed by atoms with Crippen molar-refractivity contribution in [3.63, 3.8) is 0 Å². The summed E-state index contributed by atoms with van der Waals surface area (Å²) < 4.78 is 5.35. The quantitative estimate of drug-likeness (QED) is 0.649. The highest BCUT2D eigenvalue weighted by atomic mass is 32.1. The van der Waals surface area contributed by atoms with Crippen LogP contribution in [0, 0.1) is 0 Å². The molecule has 1 N–H and O–H groups in total. The molecule has 5 rings (SSSR count). The number of likely N-dealkylation sites (N-methyl/N-ethyl adjacent to an activating group) is 1. The molecule has 1 amide bonds. The molecule has 3 aromatic heterocycles. The summed E-state index contributed by atoms with van der Waals surface area (Å²) in [5.74, 6) is 0.161. The zero-order valence-electron chi connectivity index (χ0n) is 17.8. The Kier molecular flexibility index (Phi) is 5.89. The highest BCUT2D eigenvalue weighted by Gasteiger charge is 2.33. The molecule has 4 heterocycles. The summed E-state index contributed by atoms with van der Waals surface area (Å²) in [6.45, 7) is 4.09. The number of hydrogen-bond donors (Lipinski definition) is 1. The van der Waals surface area contributed by atoms with E-state index in [1.807, 2.05) is 12.4 Å². The van der Waals surface area contributed by atoms with Crippen LogP contribution in [0.15, 0.2) is 47.3 Å². The van der Waals surface area contributed by atoms with E-state index in [0.29, 0.717) is 5.76 Å². The molecule has 1 aliphatic heterocycles. The summed E-state index contributed by atoms with van der Waals surface area (Å²) >= 11 is 1.75. The molecular formula is C24H28N4O2S. The second-order valence-electron chi connectivity index (χ2n) is 8.41. The van der Waals surface area contributed by atoms with Gasteiger partial charge in [0.1, 0.15) is 5.00 Å². The monoisotopic (exact) mass is 436 g/mol. The number of nitrogens with zero attached hydrogens (tertiary/aromatic N) is 3. The third-order valence-corrected chi connectivity index (χ3v) is 7.61. The fourth-order valence-corrected chi connectivity index (χ4v) is 6.05. The van der Waals surface area contributed by atoms with Crippen molar-refractivity contribution in [1.29, 1.82) is 0 Å². The molecule has 0 radical (unpaired) electrons. The number of thiophene rings is 1. The molecule has 3 aromatic rings. The number of amides is 1. The number of nitrogens with one attached hydrogen (secondary N) is 1. The maximum atomic E-state index is 12.9. The smallest absolute Gasteiger partial charge is 0.291 e. The number of pyridine rings is 1. The standard InChI is InChI=1S/C24H28N4O2S/c1-27-12-14-28(15-13-27)22(17-8-10-25-11-9-17)21-18-5-2-3-7-20(18)31-24(21)26-23(29)19-6-4-16-30-19/h4,6,8-11,16,22H,2-3,5,7,12-15H2,1H3,(H,26,29)/t22-/m1/s1. The van der Waals surface area contributed by atoms with Crippen LogP contribution in [0.25, 0.3) is 0 Å². The molecule has 0 saturated carbocycles. The maximum Gasteiger partial charge on any atom is 0.291 e. The number of piperazine rings is 1. The SMILES string of the molecule is CN1CCN([C@H](c2ccncc2)c2c(NC(=O)c3ccco3)sc3c2CCCC3)CC1. The van der Waals surface area contributed by atoms with Gasteiger partial charge in [0, 0.05) is 49.0 Å². The van der Waals surface area contributed by atoms with Crippen molar-refractivity contribution in [2.45, 2.75) is 31.7 Å². The first-order chi connectivity index (χ1) is 15.2. The number of anilines is 1. The van der Waals surface area contributed by atoms with Gasteiger partial charge in [-0.05, 0) is 68.1 Å². The van der Waals surface area contributed by atoms with Gasteiger partial charge in [-0.25, -0.2) is 0 Å². The molecule has 2 aliphatic rings. The normalized spacial score (nSPS) is 18.5. The van der Waals surface area contributed by atoms with E-state index >= 15 is 0 Å². The van der Waals surface area contributed by atoms with Crippen LogP contribution in [-0.2, 0) is 12.8 Å². The molecule has 0 unspecified atom stereocenters. The van der Waals surface area contributed by atoms with Crippen molar-refractivity contribution in [1.82, 2.24) is 14.8 Å². The fourth-order valence-electron chi connectivity index (χ4n) is 4.73. The van der Waals surface area contributed by atoms with Gasteiger partial charge in [0.25, 0.3) is 5.91 Å². The number of carbonyl (C=O) groups excluding carboxylic acids is 1. The van der Waals surface area contributed by atoms with Crippen LogP contribution >= 0.6 is 11.3 Å². The molecule has 31 heavy (non-hydrogen) atoms. The van der Waals surface area contributed by atoms with Gasteiger partial charge in [0.2, 0.25) is 0 Å². The number of rotatable bonds is 5. The Bertz CT molecular complexity index is 1020. The second kappa shape index (κ2) is 8.94. The third-order valence-electron chi connectivity index (χ3n) is 6.38. The molecular weight excluding hydrogens is 408 g/mol. The van der Waals surface area contributed by atoms with Crippen LogP contribution in [0.4, 0.5) is 5.00 Å². The van der Waals surface area contributed by atoms with Gasteiger partial charge < -0.3 is 14.6 Å². The van der Waals surface area contributed by atoms with E-state index in [4.69, 9.17) is 4.42 Å². The lowest BCUT2D eigenvalue weighted by Crippen LogP contribution is -2.46. The van der Waals surface area contributed by atoms with Crippen LogP contribution in [0.1, 0.15) is 51.0 Å². The van der Waals surface area contributed by atoms with Crippen LogP contribution in [-0.4, -0.2) is 53.9 Å². The molecule has 1 fully saturated rings. The number of hydrogen-bond acceptors (Lipinski definition) is 6. The molecule has 0 bridgehead atoms. The van der Waals surface area contributed by atoms with Crippen molar-refractivity contribution in [2.75, 3.05) is 38.5 Å². The Hall–Kier alpha value is -2.48. The van der Waals surface area contributed by atoms with E-state index < -0.39 is 0 Å². The van der Waals surface area contributed by atoms with E-state index in [1.54, 1.807) is 29.7 Å². The first kappa shape index (κ1) is 20.4. The van der Waals surface area contributed by atoms with E-state index in [-0.39, 0.29) is 11.9 Å². The number of aromatic nitrogens is 1. The number of aryl methyl sites for hydroxylation is 1. The van der Waals surface area contributed by atoms with Crippen molar-refractivity contribution in [3.05, 3.63) is 70.3 Å². The average molecular weight is 437 g/mol. The first-order valence-electron chi connectivity index (χ1n) is 11.0. The maximum absolute atomic E-state index is 12.9. The summed E-state index contributed by atoms with van der Waals surface area (Å²) in [5.41, 5.74) is 3.95. The summed E-state index contributed by atoms with van der Waals surface area (Å²) in [6.07, 6.45) is 9.87. The summed E-state index contributed by atoms with van der Waals surface area (Å²) in [6, 6.07) is 7.81. The Balaban J connectivity index is 1.59. The zero-order valence-corrected chi connectivity index (χ0v) is 18.7. The Morgan fingerprint density at radius 2 is 1.90 bits per heavy atom. The van der Waals surface area contributed by atoms with Crippen molar-refractivity contribution < 1.29 is 9.21 Å². The van der Waals surface area contributed by atoms with Gasteiger partial charge in [0.15, 0.2) is 5.76 Å². The minimum absolute atomic E-state index is 0.113. The number of fused-ring (bicyclic) bond motifs is 1. The number of furan rings is 1. The highest BCUT2D eigenvalue weighted by molar-refractivity contribution is 7.16. The minimum atomic E-state index is -0.184. The molecule has 1 aliphatic carbocycles. The Morgan fingerprint density at radius 1 is 1.13 bits per heavy atom. The minimum Gasteiger partial charge on any atom is -0.459 e. The Labute approximate surface area is 186 Å². The second-order valence-corrected chi connectivity index (χ2v) is 9.51. The molecule has 0 aromatic carbocycles. The molecule has 7 heteroatoms. The van der Waals surface area contributed by atoms with Gasteiger partial charge in [0.05, 0.1) is 12.3 Å². The largest absolute Gasteiger partial charge is 0.459 e. The van der Waals surface area contributed by atoms with Crippen LogP contribution < -0.4 is 5.32 Å². The van der Waals surface area contributed by atoms with Crippen LogP contribution in [0.3, 0.4) is 0 Å². The van der Waals surface area contributed by atoms with E-state index in [9.17, 15) is 4.79 Å². The third kappa shape index (κ3) is 4.18. The van der Waals surface area contributed by atoms with Crippen molar-refractivity contribution in [2.24, 2.45) is 0 Å². The van der Waals surface area contributed by atoms with Gasteiger partial charge in [-0.3, -0.25) is 14.7 Å². The lowest BCUT2D eigenvalue weighted by molar-refractivity contribution is 0.0996. The van der Waals surface area contributed by atoms with Crippen LogP contribution in [0.2, 0.25) is 0 Å². The van der Waals surface area contributed by atoms with Crippen molar-refractivity contribution >= 4 is 22.2 Å². The Morgan fingerprint density at radius 3 is 2.65 bits per heavy atom. The zero-order chi connectivity index (χ0) is 21.2.